The maximum absolute atomic E-state index is 14.2. The summed E-state index contributed by atoms with van der Waals surface area (Å²) in [7, 11) is -3.57. The minimum absolute atomic E-state index is 0.0413. The quantitative estimate of drug-likeness (QED) is 0.353. The Kier molecular flexibility index (Phi) is 8.49. The molecule has 1 saturated heterocycles. The Balaban J connectivity index is 1.35. The van der Waals surface area contributed by atoms with E-state index in [1.54, 1.807) is 86.6 Å². The van der Waals surface area contributed by atoms with Gasteiger partial charge in [-0.25, -0.2) is 32.4 Å². The number of hydrogen-bond donors (Lipinski definition) is 1. The minimum Gasteiger partial charge on any atom is -0.444 e. The van der Waals surface area contributed by atoms with Crippen LogP contribution in [0.15, 0.2) is 59.8 Å². The fourth-order valence-electron chi connectivity index (χ4n) is 4.15. The molecule has 0 spiro atoms. The Morgan fingerprint density at radius 3 is 2.35 bits per heavy atom. The largest absolute Gasteiger partial charge is 0.444 e. The lowest BCUT2D eigenvalue weighted by Gasteiger charge is -2.33. The van der Waals surface area contributed by atoms with E-state index in [-0.39, 0.29) is 10.6 Å². The van der Waals surface area contributed by atoms with Gasteiger partial charge in [0.1, 0.15) is 11.4 Å². The number of carbonyl (C=O) groups is 1. The zero-order valence-electron chi connectivity index (χ0n) is 22.5. The van der Waals surface area contributed by atoms with E-state index in [0.717, 1.165) is 0 Å². The lowest BCUT2D eigenvalue weighted by molar-refractivity contribution is 0.0217. The van der Waals surface area contributed by atoms with Crippen LogP contribution in [0.1, 0.15) is 44.7 Å². The average Bonchev–Trinajstić information content (AvgIpc) is 2.93. The predicted octanol–water partition coefficient (Wildman–Crippen LogP) is 6.25. The van der Waals surface area contributed by atoms with E-state index in [0.29, 0.717) is 48.7 Å². The number of nitrogens with one attached hydrogen (secondary N) is 1. The van der Waals surface area contributed by atoms with Crippen LogP contribution >= 0.6 is 0 Å². The first-order chi connectivity index (χ1) is 19.0. The summed E-state index contributed by atoms with van der Waals surface area (Å²) in [5, 5.41) is 2.45. The van der Waals surface area contributed by atoms with Crippen molar-refractivity contribution in [2.45, 2.75) is 49.4 Å². The van der Waals surface area contributed by atoms with E-state index in [1.807, 2.05) is 0 Å². The van der Waals surface area contributed by atoms with Gasteiger partial charge in [-0.05, 0) is 63.4 Å². The molecule has 0 atom stereocenters. The van der Waals surface area contributed by atoms with E-state index >= 15 is 0 Å². The third-order valence-electron chi connectivity index (χ3n) is 6.23. The molecule has 3 aromatic rings. The van der Waals surface area contributed by atoms with Crippen molar-refractivity contribution >= 4 is 45.4 Å². The summed E-state index contributed by atoms with van der Waals surface area (Å²) >= 11 is 0. The van der Waals surface area contributed by atoms with E-state index in [2.05, 4.69) is 20.1 Å². The molecule has 0 bridgehead atoms. The van der Waals surface area contributed by atoms with Gasteiger partial charge in [0.05, 0.1) is 16.7 Å². The number of nitrogens with zero attached hydrogens (tertiary/aromatic N) is 4. The molecule has 11 heteroatoms. The van der Waals surface area contributed by atoms with Crippen LogP contribution in [-0.2, 0) is 14.6 Å². The smallest absolute Gasteiger partial charge is 0.410 e. The van der Waals surface area contributed by atoms with Crippen LogP contribution < -0.4 is 5.32 Å². The first-order valence-electron chi connectivity index (χ1n) is 12.7. The highest BCUT2D eigenvalue weighted by Gasteiger charge is 2.34. The maximum Gasteiger partial charge on any atom is 0.410 e. The van der Waals surface area contributed by atoms with Crippen LogP contribution in [-0.4, -0.2) is 53.3 Å². The Morgan fingerprint density at radius 2 is 1.75 bits per heavy atom. The molecule has 4 rings (SSSR count). The number of amides is 1. The number of rotatable bonds is 6. The zero-order valence-corrected chi connectivity index (χ0v) is 23.3. The highest BCUT2D eigenvalue weighted by molar-refractivity contribution is 7.92. The number of halogens is 1. The second-order valence-electron chi connectivity index (χ2n) is 10.3. The highest BCUT2D eigenvalue weighted by atomic mass is 32.2. The molecule has 0 aliphatic carbocycles. The second-order valence-corrected chi connectivity index (χ2v) is 12.6. The van der Waals surface area contributed by atoms with Crippen molar-refractivity contribution in [3.05, 3.63) is 83.2 Å². The standard InChI is InChI=1S/C29H30FN5O4S/c1-29(2,3)39-28(36)35-16-14-24(15-17-35)40(37,38)23-12-10-22(11-13-23)34-27-32-18-20(19-33-27)8-9-21-6-5-7-25(31-4)26(21)30/h5-13,18-19,24H,14-17H2,1-3H3,(H,32,33,34)/b9-8+. The van der Waals surface area contributed by atoms with Gasteiger partial charge in [0.25, 0.3) is 0 Å². The van der Waals surface area contributed by atoms with Crippen molar-refractivity contribution in [2.75, 3.05) is 18.4 Å². The summed E-state index contributed by atoms with van der Waals surface area (Å²) in [4.78, 5) is 25.7. The van der Waals surface area contributed by atoms with Crippen LogP contribution in [0.5, 0.6) is 0 Å². The van der Waals surface area contributed by atoms with Gasteiger partial charge in [-0.2, -0.15) is 0 Å². The number of piperidine rings is 1. The molecule has 40 heavy (non-hydrogen) atoms. The number of ether oxygens (including phenoxy) is 1. The normalized spacial score (nSPS) is 14.6. The molecule has 1 fully saturated rings. The van der Waals surface area contributed by atoms with Gasteiger partial charge >= 0.3 is 6.09 Å². The molecule has 1 N–H and O–H groups in total. The monoisotopic (exact) mass is 563 g/mol. The average molecular weight is 564 g/mol. The van der Waals surface area contributed by atoms with Gasteiger partial charge in [0, 0.05) is 36.7 Å². The highest BCUT2D eigenvalue weighted by Crippen LogP contribution is 2.27. The third kappa shape index (κ3) is 7.01. The predicted molar refractivity (Wildman–Crippen MR) is 151 cm³/mol. The van der Waals surface area contributed by atoms with Crippen molar-refractivity contribution in [2.24, 2.45) is 0 Å². The lowest BCUT2D eigenvalue weighted by Crippen LogP contribution is -2.44. The Hall–Kier alpha value is -4.30. The van der Waals surface area contributed by atoms with Gasteiger partial charge in [-0.3, -0.25) is 0 Å². The Morgan fingerprint density at radius 1 is 1.10 bits per heavy atom. The maximum atomic E-state index is 14.2. The fourth-order valence-corrected chi connectivity index (χ4v) is 5.88. The summed E-state index contributed by atoms with van der Waals surface area (Å²) in [6, 6.07) is 11.0. The number of likely N-dealkylation sites (tertiary alicyclic amines) is 1. The summed E-state index contributed by atoms with van der Waals surface area (Å²) in [6.07, 6.45) is 6.58. The van der Waals surface area contributed by atoms with Crippen molar-refractivity contribution in [3.63, 3.8) is 0 Å². The van der Waals surface area contributed by atoms with Gasteiger partial charge < -0.3 is 15.0 Å². The first kappa shape index (κ1) is 28.7. The lowest BCUT2D eigenvalue weighted by atomic mass is 10.1. The zero-order chi connectivity index (χ0) is 28.9. The number of benzene rings is 2. The molecule has 1 amide bonds. The molecule has 1 aromatic heterocycles. The van der Waals surface area contributed by atoms with Crippen LogP contribution in [0.25, 0.3) is 17.0 Å². The Labute approximate surface area is 233 Å². The number of carbonyl (C=O) groups excluding carboxylic acids is 1. The molecule has 0 radical (unpaired) electrons. The molecular formula is C29H30FN5O4S. The first-order valence-corrected chi connectivity index (χ1v) is 14.3. The van der Waals surface area contributed by atoms with Crippen LogP contribution in [0.3, 0.4) is 0 Å². The molecule has 0 unspecified atom stereocenters. The van der Waals surface area contributed by atoms with E-state index in [4.69, 9.17) is 11.3 Å². The van der Waals surface area contributed by atoms with E-state index in [9.17, 15) is 17.6 Å². The summed E-state index contributed by atoms with van der Waals surface area (Å²) in [5.74, 6) is -0.270. The van der Waals surface area contributed by atoms with Crippen LogP contribution in [0.2, 0.25) is 0 Å². The topological polar surface area (TPSA) is 106 Å². The molecular weight excluding hydrogens is 533 g/mol. The number of hydrogen-bond acceptors (Lipinski definition) is 7. The van der Waals surface area contributed by atoms with E-state index < -0.39 is 32.6 Å². The van der Waals surface area contributed by atoms with Crippen molar-refractivity contribution in [3.8, 4) is 0 Å². The van der Waals surface area contributed by atoms with E-state index in [1.165, 1.54) is 6.07 Å². The second kappa shape index (κ2) is 11.8. The van der Waals surface area contributed by atoms with Gasteiger partial charge in [-0.1, -0.05) is 30.4 Å². The van der Waals surface area contributed by atoms with Gasteiger partial charge in [0.2, 0.25) is 11.6 Å². The fraction of sp³-hybridized carbons (Fsp3) is 0.310. The van der Waals surface area contributed by atoms with Crippen molar-refractivity contribution < 1.29 is 22.3 Å². The van der Waals surface area contributed by atoms with Crippen LogP contribution in [0, 0.1) is 12.4 Å². The van der Waals surface area contributed by atoms with Crippen molar-refractivity contribution in [1.29, 1.82) is 0 Å². The summed E-state index contributed by atoms with van der Waals surface area (Å²) in [5.41, 5.74) is 0.894. The third-order valence-corrected chi connectivity index (χ3v) is 8.51. The minimum atomic E-state index is -3.57. The summed E-state index contributed by atoms with van der Waals surface area (Å²) in [6.45, 7) is 13.0. The molecule has 2 aromatic carbocycles. The van der Waals surface area contributed by atoms with Crippen LogP contribution in [0.4, 0.5) is 26.5 Å². The molecule has 9 nitrogen and oxygen atoms in total. The summed E-state index contributed by atoms with van der Waals surface area (Å²) < 4.78 is 46.0. The molecule has 208 valence electrons. The molecule has 0 saturated carbocycles. The molecule has 1 aliphatic heterocycles. The Bertz CT molecular complexity index is 1540. The number of anilines is 2. The van der Waals surface area contributed by atoms with Gasteiger partial charge in [0.15, 0.2) is 9.84 Å². The van der Waals surface area contributed by atoms with Gasteiger partial charge in [-0.15, -0.1) is 0 Å². The van der Waals surface area contributed by atoms with Crippen molar-refractivity contribution in [1.82, 2.24) is 14.9 Å². The molecule has 1 aliphatic rings. The number of sulfone groups is 1. The molecule has 2 heterocycles. The SMILES string of the molecule is [C-]#[N+]c1cccc(/C=C/c2cnc(Nc3ccc(S(=O)(=O)C4CCN(C(=O)OC(C)(C)C)CC4)cc3)nc2)c1F. The number of aromatic nitrogens is 2.